The SMILES string of the molecule is SC1CCc2ccccc2CC1. The van der Waals surface area contributed by atoms with Crippen molar-refractivity contribution in [3.63, 3.8) is 0 Å². The molecule has 0 aliphatic heterocycles. The molecule has 0 saturated heterocycles. The first-order chi connectivity index (χ1) is 5.86. The molecule has 0 radical (unpaired) electrons. The number of benzene rings is 1. The Morgan fingerprint density at radius 3 is 2.00 bits per heavy atom. The van der Waals surface area contributed by atoms with Gasteiger partial charge in [-0.25, -0.2) is 0 Å². The zero-order valence-electron chi connectivity index (χ0n) is 7.16. The molecule has 1 aliphatic carbocycles. The lowest BCUT2D eigenvalue weighted by Crippen LogP contribution is -1.96. The van der Waals surface area contributed by atoms with Crippen LogP contribution in [0.5, 0.6) is 0 Å². The molecule has 0 atom stereocenters. The van der Waals surface area contributed by atoms with Crippen molar-refractivity contribution in [1.82, 2.24) is 0 Å². The second-order valence-electron chi connectivity index (χ2n) is 3.50. The van der Waals surface area contributed by atoms with E-state index in [1.807, 2.05) is 0 Å². The van der Waals surface area contributed by atoms with Crippen LogP contribution in [0.2, 0.25) is 0 Å². The number of aryl methyl sites for hydroxylation is 2. The molecular weight excluding hydrogens is 164 g/mol. The molecule has 0 bridgehead atoms. The Balaban J connectivity index is 2.26. The smallest absolute Gasteiger partial charge is 0.00231 e. The molecule has 0 N–H and O–H groups in total. The van der Waals surface area contributed by atoms with Crippen LogP contribution in [-0.2, 0) is 12.8 Å². The second kappa shape index (κ2) is 3.53. The van der Waals surface area contributed by atoms with Crippen molar-refractivity contribution in [2.45, 2.75) is 30.9 Å². The quantitative estimate of drug-likeness (QED) is 0.458. The summed E-state index contributed by atoms with van der Waals surface area (Å²) in [6.45, 7) is 0. The highest BCUT2D eigenvalue weighted by Gasteiger charge is 2.11. The Bertz CT molecular complexity index is 240. The summed E-state index contributed by atoms with van der Waals surface area (Å²) in [5.74, 6) is 0. The lowest BCUT2D eigenvalue weighted by atomic mass is 10.0. The van der Waals surface area contributed by atoms with Crippen molar-refractivity contribution in [2.75, 3.05) is 0 Å². The van der Waals surface area contributed by atoms with Gasteiger partial charge in [-0.2, -0.15) is 12.6 Å². The van der Waals surface area contributed by atoms with Crippen LogP contribution in [0.3, 0.4) is 0 Å². The van der Waals surface area contributed by atoms with E-state index in [0.29, 0.717) is 5.25 Å². The van der Waals surface area contributed by atoms with E-state index >= 15 is 0 Å². The first-order valence-corrected chi connectivity index (χ1v) is 5.13. The van der Waals surface area contributed by atoms with Crippen LogP contribution in [0.4, 0.5) is 0 Å². The number of hydrogen-bond donors (Lipinski definition) is 1. The molecule has 0 nitrogen and oxygen atoms in total. The van der Waals surface area contributed by atoms with E-state index in [0.717, 1.165) is 0 Å². The van der Waals surface area contributed by atoms with Crippen molar-refractivity contribution < 1.29 is 0 Å². The van der Waals surface area contributed by atoms with Gasteiger partial charge in [0, 0.05) is 5.25 Å². The minimum atomic E-state index is 0.609. The van der Waals surface area contributed by atoms with Crippen LogP contribution in [0, 0.1) is 0 Å². The van der Waals surface area contributed by atoms with E-state index < -0.39 is 0 Å². The maximum Gasteiger partial charge on any atom is 0.00231 e. The summed E-state index contributed by atoms with van der Waals surface area (Å²) in [7, 11) is 0. The Hall–Kier alpha value is -0.430. The van der Waals surface area contributed by atoms with Gasteiger partial charge in [-0.15, -0.1) is 0 Å². The summed E-state index contributed by atoms with van der Waals surface area (Å²) in [5.41, 5.74) is 3.07. The topological polar surface area (TPSA) is 0 Å². The van der Waals surface area contributed by atoms with Crippen LogP contribution in [-0.4, -0.2) is 5.25 Å². The van der Waals surface area contributed by atoms with E-state index in [1.165, 1.54) is 36.8 Å². The van der Waals surface area contributed by atoms with Crippen molar-refractivity contribution in [3.05, 3.63) is 35.4 Å². The number of fused-ring (bicyclic) bond motifs is 1. The molecule has 0 spiro atoms. The first-order valence-electron chi connectivity index (χ1n) is 4.61. The standard InChI is InChI=1S/C11H14S/c12-11-7-5-9-3-1-2-4-10(9)6-8-11/h1-4,11-12H,5-8H2. The van der Waals surface area contributed by atoms with Crippen molar-refractivity contribution in [3.8, 4) is 0 Å². The third-order valence-corrected chi connectivity index (χ3v) is 3.13. The Morgan fingerprint density at radius 2 is 1.50 bits per heavy atom. The molecule has 0 unspecified atom stereocenters. The van der Waals surface area contributed by atoms with Gasteiger partial charge in [0.05, 0.1) is 0 Å². The molecule has 1 aromatic rings. The summed E-state index contributed by atoms with van der Waals surface area (Å²) in [6, 6.07) is 8.78. The molecule has 1 aromatic carbocycles. The van der Waals surface area contributed by atoms with E-state index in [4.69, 9.17) is 0 Å². The van der Waals surface area contributed by atoms with Crippen LogP contribution in [0.25, 0.3) is 0 Å². The van der Waals surface area contributed by atoms with Gasteiger partial charge >= 0.3 is 0 Å². The molecule has 0 amide bonds. The first kappa shape index (κ1) is 8.18. The lowest BCUT2D eigenvalue weighted by molar-refractivity contribution is 0.735. The molecule has 2 rings (SSSR count). The van der Waals surface area contributed by atoms with Crippen molar-refractivity contribution in [2.24, 2.45) is 0 Å². The lowest BCUT2D eigenvalue weighted by Gasteiger charge is -2.02. The highest BCUT2D eigenvalue weighted by atomic mass is 32.1. The average Bonchev–Trinajstić information content (AvgIpc) is 2.29. The molecule has 64 valence electrons. The summed E-state index contributed by atoms with van der Waals surface area (Å²) in [4.78, 5) is 0. The molecule has 0 heterocycles. The molecule has 0 fully saturated rings. The van der Waals surface area contributed by atoms with Gasteiger partial charge < -0.3 is 0 Å². The van der Waals surface area contributed by atoms with E-state index in [9.17, 15) is 0 Å². The van der Waals surface area contributed by atoms with Crippen LogP contribution < -0.4 is 0 Å². The fourth-order valence-corrected chi connectivity index (χ4v) is 2.09. The fourth-order valence-electron chi connectivity index (χ4n) is 1.83. The number of hydrogen-bond acceptors (Lipinski definition) is 1. The highest BCUT2D eigenvalue weighted by molar-refractivity contribution is 7.80. The molecule has 0 saturated carbocycles. The van der Waals surface area contributed by atoms with Crippen molar-refractivity contribution >= 4 is 12.6 Å². The molecule has 12 heavy (non-hydrogen) atoms. The third-order valence-electron chi connectivity index (χ3n) is 2.61. The normalized spacial score (nSPS) is 18.4. The summed E-state index contributed by atoms with van der Waals surface area (Å²) >= 11 is 4.53. The average molecular weight is 178 g/mol. The summed E-state index contributed by atoms with van der Waals surface area (Å²) in [6.07, 6.45) is 4.90. The van der Waals surface area contributed by atoms with Gasteiger partial charge in [0.2, 0.25) is 0 Å². The van der Waals surface area contributed by atoms with E-state index in [1.54, 1.807) is 0 Å². The molecule has 1 heteroatoms. The van der Waals surface area contributed by atoms with Gasteiger partial charge in [-0.05, 0) is 36.8 Å². The molecule has 0 aromatic heterocycles. The number of rotatable bonds is 0. The fraction of sp³-hybridized carbons (Fsp3) is 0.455. The van der Waals surface area contributed by atoms with E-state index in [2.05, 4.69) is 36.9 Å². The minimum Gasteiger partial charge on any atom is -0.176 e. The highest BCUT2D eigenvalue weighted by Crippen LogP contribution is 2.22. The third kappa shape index (κ3) is 1.66. The minimum absolute atomic E-state index is 0.609. The van der Waals surface area contributed by atoms with Crippen LogP contribution in [0.15, 0.2) is 24.3 Å². The Morgan fingerprint density at radius 1 is 1.00 bits per heavy atom. The second-order valence-corrected chi connectivity index (χ2v) is 4.23. The Labute approximate surface area is 79.4 Å². The maximum atomic E-state index is 4.53. The van der Waals surface area contributed by atoms with Crippen molar-refractivity contribution in [1.29, 1.82) is 0 Å². The monoisotopic (exact) mass is 178 g/mol. The van der Waals surface area contributed by atoms with Gasteiger partial charge in [0.1, 0.15) is 0 Å². The zero-order chi connectivity index (χ0) is 8.39. The van der Waals surface area contributed by atoms with Crippen LogP contribution in [0.1, 0.15) is 24.0 Å². The van der Waals surface area contributed by atoms with Crippen LogP contribution >= 0.6 is 12.6 Å². The predicted octanol–water partition coefficient (Wildman–Crippen LogP) is 2.86. The summed E-state index contributed by atoms with van der Waals surface area (Å²) < 4.78 is 0. The molecular formula is C11H14S. The summed E-state index contributed by atoms with van der Waals surface area (Å²) in [5, 5.41) is 0.609. The van der Waals surface area contributed by atoms with Gasteiger partial charge in [-0.1, -0.05) is 24.3 Å². The van der Waals surface area contributed by atoms with Gasteiger partial charge in [-0.3, -0.25) is 0 Å². The predicted molar refractivity (Wildman–Crippen MR) is 55.9 cm³/mol. The van der Waals surface area contributed by atoms with Gasteiger partial charge in [0.25, 0.3) is 0 Å². The largest absolute Gasteiger partial charge is 0.176 e. The zero-order valence-corrected chi connectivity index (χ0v) is 8.06. The number of thiol groups is 1. The molecule has 1 aliphatic rings. The van der Waals surface area contributed by atoms with E-state index in [-0.39, 0.29) is 0 Å². The maximum absolute atomic E-state index is 4.53. The Kier molecular flexibility index (Phi) is 2.40. The van der Waals surface area contributed by atoms with Gasteiger partial charge in [0.15, 0.2) is 0 Å².